The van der Waals surface area contributed by atoms with E-state index >= 15 is 0 Å². The van der Waals surface area contributed by atoms with Crippen molar-refractivity contribution >= 4 is 5.96 Å². The Morgan fingerprint density at radius 3 is 2.25 bits per heavy atom. The van der Waals surface area contributed by atoms with E-state index in [1.165, 1.54) is 0 Å². The van der Waals surface area contributed by atoms with Gasteiger partial charge in [-0.3, -0.25) is 4.99 Å². The number of guanidine groups is 1. The van der Waals surface area contributed by atoms with E-state index in [-0.39, 0.29) is 0 Å². The second kappa shape index (κ2) is 6.70. The fraction of sp³-hybridized carbons (Fsp3) is 0.909. The summed E-state index contributed by atoms with van der Waals surface area (Å²) < 4.78 is 11.0. The molecule has 1 saturated heterocycles. The monoisotopic (exact) mass is 229 g/mol. The molecule has 5 heteroatoms. The van der Waals surface area contributed by atoms with Crippen LogP contribution in [0.1, 0.15) is 27.2 Å². The van der Waals surface area contributed by atoms with E-state index in [1.54, 1.807) is 0 Å². The first-order valence-corrected chi connectivity index (χ1v) is 6.00. The lowest BCUT2D eigenvalue weighted by molar-refractivity contribution is -0.144. The average Bonchev–Trinajstić information content (AvgIpc) is 2.66. The predicted octanol–water partition coefficient (Wildman–Crippen LogP) is 0.715. The van der Waals surface area contributed by atoms with Gasteiger partial charge in [0.2, 0.25) is 0 Å². The molecule has 0 aliphatic carbocycles. The molecule has 1 aliphatic rings. The zero-order chi connectivity index (χ0) is 11.9. The van der Waals surface area contributed by atoms with Gasteiger partial charge in [-0.2, -0.15) is 0 Å². The predicted molar refractivity (Wildman–Crippen MR) is 64.6 cm³/mol. The third kappa shape index (κ3) is 4.37. The van der Waals surface area contributed by atoms with Crippen molar-refractivity contribution in [1.29, 1.82) is 0 Å². The molecule has 0 saturated carbocycles. The molecular weight excluding hydrogens is 206 g/mol. The number of ether oxygens (including phenoxy) is 2. The molecular formula is C11H23N3O2. The van der Waals surface area contributed by atoms with Crippen LogP contribution in [0.4, 0.5) is 0 Å². The summed E-state index contributed by atoms with van der Waals surface area (Å²) in [5.41, 5.74) is 0. The lowest BCUT2D eigenvalue weighted by Crippen LogP contribution is -2.37. The Morgan fingerprint density at radius 2 is 1.75 bits per heavy atom. The molecule has 0 radical (unpaired) electrons. The Balaban J connectivity index is 2.31. The van der Waals surface area contributed by atoms with Crippen LogP contribution in [0, 0.1) is 0 Å². The van der Waals surface area contributed by atoms with E-state index in [9.17, 15) is 0 Å². The molecule has 2 N–H and O–H groups in total. The Labute approximate surface area is 97.6 Å². The third-order valence-corrected chi connectivity index (χ3v) is 2.42. The van der Waals surface area contributed by atoms with Crippen molar-refractivity contribution in [3.63, 3.8) is 0 Å². The van der Waals surface area contributed by atoms with Crippen LogP contribution in [-0.2, 0) is 9.47 Å². The molecule has 1 aliphatic heterocycles. The number of hydrogen-bond donors (Lipinski definition) is 2. The van der Waals surface area contributed by atoms with E-state index < -0.39 is 5.79 Å². The standard InChI is InChI=1S/C11H23N3O2/c1-4-12-10(13-5-2)14-7-6-11(3)15-8-9-16-11/h4-9H2,1-3H3,(H2,12,13,14). The minimum atomic E-state index is -0.437. The van der Waals surface area contributed by atoms with Gasteiger partial charge in [0.15, 0.2) is 11.7 Å². The Bertz CT molecular complexity index is 217. The second-order valence-corrected chi connectivity index (χ2v) is 3.87. The fourth-order valence-corrected chi connectivity index (χ4v) is 1.58. The summed E-state index contributed by atoms with van der Waals surface area (Å²) in [5.74, 6) is 0.416. The van der Waals surface area contributed by atoms with Crippen molar-refractivity contribution in [2.24, 2.45) is 4.99 Å². The molecule has 16 heavy (non-hydrogen) atoms. The molecule has 1 heterocycles. The van der Waals surface area contributed by atoms with Crippen molar-refractivity contribution in [3.8, 4) is 0 Å². The Kier molecular flexibility index (Phi) is 5.55. The van der Waals surface area contributed by atoms with Crippen LogP contribution < -0.4 is 10.6 Å². The van der Waals surface area contributed by atoms with Crippen LogP contribution in [0.15, 0.2) is 4.99 Å². The summed E-state index contributed by atoms with van der Waals surface area (Å²) in [7, 11) is 0. The van der Waals surface area contributed by atoms with Crippen molar-refractivity contribution in [3.05, 3.63) is 0 Å². The topological polar surface area (TPSA) is 54.9 Å². The highest BCUT2D eigenvalue weighted by atomic mass is 16.7. The first kappa shape index (κ1) is 13.3. The van der Waals surface area contributed by atoms with Crippen LogP contribution in [0.3, 0.4) is 0 Å². The van der Waals surface area contributed by atoms with Gasteiger partial charge in [0.1, 0.15) is 0 Å². The van der Waals surface area contributed by atoms with Crippen LogP contribution in [0.5, 0.6) is 0 Å². The van der Waals surface area contributed by atoms with Gasteiger partial charge in [-0.25, -0.2) is 0 Å². The van der Waals surface area contributed by atoms with Gasteiger partial charge in [0.05, 0.1) is 13.2 Å². The molecule has 0 bridgehead atoms. The van der Waals surface area contributed by atoms with Crippen molar-refractivity contribution in [2.45, 2.75) is 33.0 Å². The highest BCUT2D eigenvalue weighted by molar-refractivity contribution is 5.79. The zero-order valence-corrected chi connectivity index (χ0v) is 10.5. The minimum Gasteiger partial charge on any atom is -0.357 e. The van der Waals surface area contributed by atoms with Crippen molar-refractivity contribution < 1.29 is 9.47 Å². The van der Waals surface area contributed by atoms with Gasteiger partial charge in [-0.05, 0) is 20.8 Å². The SMILES string of the molecule is CCNC(=NCCC1(C)OCCO1)NCC. The molecule has 94 valence electrons. The van der Waals surface area contributed by atoms with Crippen LogP contribution in [0.2, 0.25) is 0 Å². The molecule has 0 aromatic heterocycles. The molecule has 0 amide bonds. The average molecular weight is 229 g/mol. The summed E-state index contributed by atoms with van der Waals surface area (Å²) in [6, 6.07) is 0. The lowest BCUT2D eigenvalue weighted by atomic mass is 10.2. The number of rotatable bonds is 5. The van der Waals surface area contributed by atoms with E-state index in [0.717, 1.165) is 25.5 Å². The lowest BCUT2D eigenvalue weighted by Gasteiger charge is -2.21. The maximum atomic E-state index is 5.51. The molecule has 0 spiro atoms. The third-order valence-electron chi connectivity index (χ3n) is 2.42. The van der Waals surface area contributed by atoms with Crippen molar-refractivity contribution in [2.75, 3.05) is 32.8 Å². The minimum absolute atomic E-state index is 0.437. The summed E-state index contributed by atoms with van der Waals surface area (Å²) in [6.07, 6.45) is 0.785. The first-order valence-electron chi connectivity index (χ1n) is 6.00. The van der Waals surface area contributed by atoms with Crippen molar-refractivity contribution in [1.82, 2.24) is 10.6 Å². The van der Waals surface area contributed by atoms with Gasteiger partial charge in [-0.1, -0.05) is 0 Å². The molecule has 0 unspecified atom stereocenters. The summed E-state index contributed by atoms with van der Waals surface area (Å²) in [4.78, 5) is 4.45. The molecule has 0 aromatic rings. The summed E-state index contributed by atoms with van der Waals surface area (Å²) in [5, 5.41) is 6.36. The molecule has 1 fully saturated rings. The number of nitrogens with one attached hydrogen (secondary N) is 2. The Morgan fingerprint density at radius 1 is 1.19 bits per heavy atom. The summed E-state index contributed by atoms with van der Waals surface area (Å²) in [6.45, 7) is 9.89. The van der Waals surface area contributed by atoms with Crippen LogP contribution in [0.25, 0.3) is 0 Å². The number of hydrogen-bond acceptors (Lipinski definition) is 3. The highest BCUT2D eigenvalue weighted by Crippen LogP contribution is 2.22. The fourth-order valence-electron chi connectivity index (χ4n) is 1.58. The highest BCUT2D eigenvalue weighted by Gasteiger charge is 2.30. The maximum Gasteiger partial charge on any atom is 0.191 e. The molecule has 1 rings (SSSR count). The molecule has 5 nitrogen and oxygen atoms in total. The number of aliphatic imine (C=N–C) groups is 1. The van der Waals surface area contributed by atoms with Gasteiger partial charge in [0, 0.05) is 26.1 Å². The van der Waals surface area contributed by atoms with E-state index in [0.29, 0.717) is 19.8 Å². The van der Waals surface area contributed by atoms with Crippen LogP contribution in [-0.4, -0.2) is 44.6 Å². The number of nitrogens with zero attached hydrogens (tertiary/aromatic N) is 1. The van der Waals surface area contributed by atoms with Gasteiger partial charge < -0.3 is 20.1 Å². The molecule has 0 aromatic carbocycles. The van der Waals surface area contributed by atoms with E-state index in [2.05, 4.69) is 29.5 Å². The van der Waals surface area contributed by atoms with E-state index in [1.807, 2.05) is 6.92 Å². The van der Waals surface area contributed by atoms with Gasteiger partial charge in [0.25, 0.3) is 0 Å². The first-order chi connectivity index (χ1) is 7.70. The largest absolute Gasteiger partial charge is 0.357 e. The van der Waals surface area contributed by atoms with Gasteiger partial charge >= 0.3 is 0 Å². The quantitative estimate of drug-likeness (QED) is 0.538. The van der Waals surface area contributed by atoms with E-state index in [4.69, 9.17) is 9.47 Å². The van der Waals surface area contributed by atoms with Gasteiger partial charge in [-0.15, -0.1) is 0 Å². The smallest absolute Gasteiger partial charge is 0.191 e. The zero-order valence-electron chi connectivity index (χ0n) is 10.5. The normalized spacial score (nSPS) is 18.2. The second-order valence-electron chi connectivity index (χ2n) is 3.87. The maximum absolute atomic E-state index is 5.51. The van der Waals surface area contributed by atoms with Crippen LogP contribution >= 0.6 is 0 Å². The molecule has 0 atom stereocenters. The summed E-state index contributed by atoms with van der Waals surface area (Å²) >= 11 is 0. The Hall–Kier alpha value is -0.810.